The fraction of sp³-hybridized carbons (Fsp3) is 1.00. The van der Waals surface area contributed by atoms with Gasteiger partial charge in [-0.05, 0) is 0 Å². The van der Waals surface area contributed by atoms with E-state index in [2.05, 4.69) is 9.80 Å². The molecule has 0 aliphatic carbocycles. The zero-order chi connectivity index (χ0) is 11.8. The second-order valence-electron chi connectivity index (χ2n) is 4.35. The van der Waals surface area contributed by atoms with Gasteiger partial charge in [-0.2, -0.15) is 0 Å². The third kappa shape index (κ3) is 10.6. The fourth-order valence-electron chi connectivity index (χ4n) is 1.20. The second kappa shape index (κ2) is 8.48. The first-order valence-corrected chi connectivity index (χ1v) is 5.93. The summed E-state index contributed by atoms with van der Waals surface area (Å²) >= 11 is 0.920. The Morgan fingerprint density at radius 3 is 1.47 bits per heavy atom. The Labute approximate surface area is 100 Å². The molecule has 0 rings (SSSR count). The minimum absolute atomic E-state index is 0.187. The molecule has 0 aromatic carbocycles. The maximum atomic E-state index is 5.46. The summed E-state index contributed by atoms with van der Waals surface area (Å²) in [5.41, 5.74) is 0. The molecule has 0 saturated heterocycles. The number of rotatable bonds is 8. The summed E-state index contributed by atoms with van der Waals surface area (Å²) in [5, 5.41) is 0. The quantitative estimate of drug-likeness (QED) is 0.606. The van der Waals surface area contributed by atoms with E-state index in [1.165, 1.54) is 0 Å². The molecule has 4 nitrogen and oxygen atoms in total. The van der Waals surface area contributed by atoms with Crippen molar-refractivity contribution in [3.05, 3.63) is 0 Å². The Morgan fingerprint density at radius 1 is 0.867 bits per heavy atom. The van der Waals surface area contributed by atoms with E-state index < -0.39 is 0 Å². The van der Waals surface area contributed by atoms with Gasteiger partial charge < -0.3 is 0 Å². The molecule has 15 heavy (non-hydrogen) atoms. The maximum absolute atomic E-state index is 5.46. The van der Waals surface area contributed by atoms with Crippen LogP contribution in [0.2, 0.25) is 0 Å². The average molecular weight is 263 g/mol. The first-order chi connectivity index (χ1) is 6.91. The van der Waals surface area contributed by atoms with Gasteiger partial charge in [0.25, 0.3) is 0 Å². The van der Waals surface area contributed by atoms with Crippen LogP contribution in [0.15, 0.2) is 0 Å². The normalized spacial score (nSPS) is 16.3. The number of nitrogens with zero attached hydrogens (tertiary/aromatic N) is 2. The van der Waals surface area contributed by atoms with Crippen molar-refractivity contribution in [2.24, 2.45) is 0 Å². The van der Waals surface area contributed by atoms with Gasteiger partial charge in [-0.3, -0.25) is 0 Å². The van der Waals surface area contributed by atoms with Crippen LogP contribution in [0.3, 0.4) is 0 Å². The third-order valence-electron chi connectivity index (χ3n) is 1.56. The topological polar surface area (TPSA) is 24.9 Å². The van der Waals surface area contributed by atoms with Crippen LogP contribution in [0.5, 0.6) is 0 Å². The molecule has 0 amide bonds. The molecule has 0 radical (unpaired) electrons. The molecule has 2 atom stereocenters. The third-order valence-corrected chi connectivity index (χ3v) is 2.54. The van der Waals surface area contributed by atoms with E-state index in [4.69, 9.17) is 7.76 Å². The van der Waals surface area contributed by atoms with Crippen molar-refractivity contribution in [3.8, 4) is 0 Å². The van der Waals surface area contributed by atoms with Gasteiger partial charge >= 0.3 is 100.0 Å². The Bertz CT molecular complexity index is 140. The molecule has 0 saturated carbocycles. The van der Waals surface area contributed by atoms with Crippen LogP contribution < -0.4 is 0 Å². The van der Waals surface area contributed by atoms with E-state index >= 15 is 0 Å². The zero-order valence-electron chi connectivity index (χ0n) is 10.6. The zero-order valence-corrected chi connectivity index (χ0v) is 11.6. The van der Waals surface area contributed by atoms with Gasteiger partial charge in [0.1, 0.15) is 0 Å². The van der Waals surface area contributed by atoms with Crippen molar-refractivity contribution in [3.63, 3.8) is 0 Å². The van der Waals surface area contributed by atoms with Crippen LogP contribution in [0, 0.1) is 0 Å². The van der Waals surface area contributed by atoms with Gasteiger partial charge in [-0.15, -0.1) is 0 Å². The monoisotopic (exact) mass is 262 g/mol. The molecule has 0 aromatic rings. The summed E-state index contributed by atoms with van der Waals surface area (Å²) in [7, 11) is 8.12. The van der Waals surface area contributed by atoms with E-state index in [0.717, 1.165) is 28.2 Å². The Morgan fingerprint density at radius 2 is 1.20 bits per heavy atom. The Kier molecular flexibility index (Phi) is 8.67. The molecule has 0 aromatic heterocycles. The minimum atomic E-state index is 0.187. The van der Waals surface area contributed by atoms with Gasteiger partial charge in [-0.1, -0.05) is 0 Å². The predicted octanol–water partition coefficient (Wildman–Crippen LogP) is 0.832. The van der Waals surface area contributed by atoms with E-state index in [0.29, 0.717) is 0 Å². The van der Waals surface area contributed by atoms with Gasteiger partial charge in [-0.25, -0.2) is 0 Å². The number of hydrogen-bond donors (Lipinski definition) is 0. The predicted molar refractivity (Wildman–Crippen MR) is 58.2 cm³/mol. The SMILES string of the molecule is CC(CN(C)C)[O][Ni][O]C(C)CN(C)C. The number of hydrogen-bond acceptors (Lipinski definition) is 4. The van der Waals surface area contributed by atoms with Gasteiger partial charge in [0.15, 0.2) is 0 Å². The molecule has 0 aliphatic rings. The van der Waals surface area contributed by atoms with Crippen molar-refractivity contribution in [1.29, 1.82) is 0 Å². The van der Waals surface area contributed by atoms with Crippen molar-refractivity contribution in [2.45, 2.75) is 26.1 Å². The molecule has 5 heteroatoms. The summed E-state index contributed by atoms with van der Waals surface area (Å²) in [6.45, 7) is 5.89. The molecule has 2 unspecified atom stereocenters. The molecule has 0 fully saturated rings. The Hall–Kier alpha value is 0.334. The van der Waals surface area contributed by atoms with Gasteiger partial charge in [0, 0.05) is 0 Å². The van der Waals surface area contributed by atoms with Gasteiger partial charge in [0.05, 0.1) is 0 Å². The van der Waals surface area contributed by atoms with E-state index in [-0.39, 0.29) is 12.2 Å². The average Bonchev–Trinajstić information content (AvgIpc) is 2.00. The van der Waals surface area contributed by atoms with E-state index in [1.807, 2.05) is 42.0 Å². The van der Waals surface area contributed by atoms with Crippen LogP contribution >= 0.6 is 0 Å². The summed E-state index contributed by atoms with van der Waals surface area (Å²) in [6, 6.07) is 0. The summed E-state index contributed by atoms with van der Waals surface area (Å²) in [5.74, 6) is 0. The molecule has 0 heterocycles. The van der Waals surface area contributed by atoms with Crippen molar-refractivity contribution >= 4 is 0 Å². The first-order valence-electron chi connectivity index (χ1n) is 5.12. The van der Waals surface area contributed by atoms with Crippen molar-refractivity contribution in [2.75, 3.05) is 41.3 Å². The Balaban J connectivity index is 3.44. The standard InChI is InChI=1S/2C5H12NO.Ni/c2*1-5(7)4-6(2)3;/h2*5H,4H2,1-3H3;/q2*-1;+2. The van der Waals surface area contributed by atoms with Crippen molar-refractivity contribution in [1.82, 2.24) is 9.80 Å². The molecule has 0 N–H and O–H groups in total. The van der Waals surface area contributed by atoms with Crippen LogP contribution in [0.25, 0.3) is 0 Å². The summed E-state index contributed by atoms with van der Waals surface area (Å²) in [4.78, 5) is 4.19. The van der Waals surface area contributed by atoms with Crippen LogP contribution in [-0.2, 0) is 22.8 Å². The van der Waals surface area contributed by atoms with Crippen LogP contribution in [-0.4, -0.2) is 63.3 Å². The van der Waals surface area contributed by atoms with Crippen LogP contribution in [0.1, 0.15) is 13.8 Å². The molecule has 0 bridgehead atoms. The number of likely N-dealkylation sites (N-methyl/N-ethyl adjacent to an activating group) is 2. The van der Waals surface area contributed by atoms with Gasteiger partial charge in [0.2, 0.25) is 0 Å². The first kappa shape index (κ1) is 15.3. The molecule has 0 spiro atoms. The summed E-state index contributed by atoms with van der Waals surface area (Å²) in [6.07, 6.45) is 0.373. The molecular weight excluding hydrogens is 239 g/mol. The van der Waals surface area contributed by atoms with Crippen LogP contribution in [0.4, 0.5) is 0 Å². The summed E-state index contributed by atoms with van der Waals surface area (Å²) < 4.78 is 10.9. The second-order valence-corrected chi connectivity index (χ2v) is 4.98. The van der Waals surface area contributed by atoms with Crippen molar-refractivity contribution < 1.29 is 22.8 Å². The molecule has 96 valence electrons. The fourth-order valence-corrected chi connectivity index (χ4v) is 1.72. The van der Waals surface area contributed by atoms with E-state index in [9.17, 15) is 0 Å². The molecule has 0 aliphatic heterocycles. The van der Waals surface area contributed by atoms with E-state index in [1.54, 1.807) is 0 Å². The molecular formula is C10H24N2NiO2.